The molecule has 94 valence electrons. The summed E-state index contributed by atoms with van der Waals surface area (Å²) in [7, 11) is -3.90. The van der Waals surface area contributed by atoms with Gasteiger partial charge in [-0.1, -0.05) is 40.7 Å². The molecule has 0 aliphatic carbocycles. The van der Waals surface area contributed by atoms with Gasteiger partial charge in [0.05, 0.1) is 4.90 Å². The molecule has 2 aromatic rings. The number of benzene rings is 2. The van der Waals surface area contributed by atoms with Crippen molar-refractivity contribution in [3.8, 4) is 5.75 Å². The van der Waals surface area contributed by atoms with Crippen LogP contribution in [0.15, 0.2) is 59.5 Å². The first kappa shape index (κ1) is 12.6. The first-order valence-corrected chi connectivity index (χ1v) is 6.72. The first-order chi connectivity index (χ1) is 8.59. The molecule has 2 aromatic carbocycles. The lowest BCUT2D eigenvalue weighted by molar-refractivity contribution is -0.0931. The minimum absolute atomic E-state index is 0.0542. The van der Waals surface area contributed by atoms with E-state index in [9.17, 15) is 8.42 Å². The van der Waals surface area contributed by atoms with Gasteiger partial charge in [-0.25, -0.2) is 0 Å². The van der Waals surface area contributed by atoms with E-state index < -0.39 is 10.1 Å². The van der Waals surface area contributed by atoms with Crippen LogP contribution >= 0.6 is 0 Å². The Bertz CT molecular complexity index is 620. The van der Waals surface area contributed by atoms with E-state index in [2.05, 4.69) is 4.33 Å². The Kier molecular flexibility index (Phi) is 3.64. The highest BCUT2D eigenvalue weighted by Crippen LogP contribution is 2.19. The molecule has 0 heterocycles. The van der Waals surface area contributed by atoms with Crippen LogP contribution < -0.4 is 4.89 Å². The van der Waals surface area contributed by atoms with Gasteiger partial charge in [0.25, 0.3) is 0 Å². The molecule has 0 bridgehead atoms. The Morgan fingerprint density at radius 2 is 1.50 bits per heavy atom. The lowest BCUT2D eigenvalue weighted by Gasteiger charge is -2.07. The molecular formula is C13H12O4S. The average Bonchev–Trinajstić information content (AvgIpc) is 2.39. The van der Waals surface area contributed by atoms with Crippen molar-refractivity contribution in [1.82, 2.24) is 0 Å². The minimum Gasteiger partial charge on any atom is -0.320 e. The van der Waals surface area contributed by atoms with E-state index in [1.807, 2.05) is 6.07 Å². The SMILES string of the molecule is Cc1ccccc1OOS(=O)(=O)c1ccccc1. The zero-order valence-corrected chi connectivity index (χ0v) is 10.6. The first-order valence-electron chi connectivity index (χ1n) is 5.31. The summed E-state index contributed by atoms with van der Waals surface area (Å²) in [5.41, 5.74) is 0.792. The van der Waals surface area contributed by atoms with Crippen LogP contribution in [0.3, 0.4) is 0 Å². The number of hydrogen-bond acceptors (Lipinski definition) is 4. The van der Waals surface area contributed by atoms with Gasteiger partial charge in [-0.05, 0) is 30.7 Å². The van der Waals surface area contributed by atoms with Gasteiger partial charge in [0.15, 0.2) is 5.75 Å². The fourth-order valence-electron chi connectivity index (χ4n) is 1.36. The van der Waals surface area contributed by atoms with Crippen molar-refractivity contribution in [2.75, 3.05) is 0 Å². The van der Waals surface area contributed by atoms with E-state index in [0.717, 1.165) is 5.56 Å². The molecule has 18 heavy (non-hydrogen) atoms. The highest BCUT2D eigenvalue weighted by Gasteiger charge is 2.17. The van der Waals surface area contributed by atoms with Crippen molar-refractivity contribution in [2.45, 2.75) is 11.8 Å². The van der Waals surface area contributed by atoms with Gasteiger partial charge in [0.1, 0.15) is 0 Å². The summed E-state index contributed by atoms with van der Waals surface area (Å²) in [5, 5.41) is 0. The lowest BCUT2D eigenvalue weighted by atomic mass is 10.2. The Hall–Kier alpha value is -1.85. The summed E-state index contributed by atoms with van der Waals surface area (Å²) in [6.07, 6.45) is 0. The van der Waals surface area contributed by atoms with Crippen LogP contribution in [0.4, 0.5) is 0 Å². The maximum atomic E-state index is 11.8. The predicted molar refractivity (Wildman–Crippen MR) is 66.5 cm³/mol. The van der Waals surface area contributed by atoms with Crippen LogP contribution in [0.2, 0.25) is 0 Å². The van der Waals surface area contributed by atoms with Crippen molar-refractivity contribution >= 4 is 10.1 Å². The molecule has 0 atom stereocenters. The van der Waals surface area contributed by atoms with Crippen molar-refractivity contribution in [3.05, 3.63) is 60.2 Å². The number of hydrogen-bond donors (Lipinski definition) is 0. The molecule has 0 spiro atoms. The van der Waals surface area contributed by atoms with Gasteiger partial charge in [-0.2, -0.15) is 8.42 Å². The maximum absolute atomic E-state index is 11.8. The van der Waals surface area contributed by atoms with Crippen LogP contribution in [0.1, 0.15) is 5.56 Å². The molecule has 4 nitrogen and oxygen atoms in total. The van der Waals surface area contributed by atoms with E-state index in [4.69, 9.17) is 4.89 Å². The minimum atomic E-state index is -3.90. The molecule has 0 unspecified atom stereocenters. The van der Waals surface area contributed by atoms with Gasteiger partial charge < -0.3 is 4.89 Å². The maximum Gasteiger partial charge on any atom is 0.332 e. The molecule has 0 aromatic heterocycles. The third-order valence-electron chi connectivity index (χ3n) is 2.34. The summed E-state index contributed by atoms with van der Waals surface area (Å²) in [4.78, 5) is 4.92. The Labute approximate surface area is 106 Å². The second-order valence-electron chi connectivity index (χ2n) is 3.68. The Morgan fingerprint density at radius 3 is 2.17 bits per heavy atom. The molecule has 0 saturated carbocycles. The molecule has 0 fully saturated rings. The fourth-order valence-corrected chi connectivity index (χ4v) is 2.09. The smallest absolute Gasteiger partial charge is 0.320 e. The summed E-state index contributed by atoms with van der Waals surface area (Å²) in [6, 6.07) is 14.8. The molecule has 0 saturated heterocycles. The molecule has 2 rings (SSSR count). The summed E-state index contributed by atoms with van der Waals surface area (Å²) >= 11 is 0. The Balaban J connectivity index is 2.14. The fraction of sp³-hybridized carbons (Fsp3) is 0.0769. The third kappa shape index (κ3) is 2.88. The third-order valence-corrected chi connectivity index (χ3v) is 3.44. The van der Waals surface area contributed by atoms with E-state index >= 15 is 0 Å². The normalized spacial score (nSPS) is 11.2. The molecule has 5 heteroatoms. The van der Waals surface area contributed by atoms with Crippen LogP contribution in [0.25, 0.3) is 0 Å². The van der Waals surface area contributed by atoms with Crippen molar-refractivity contribution in [2.24, 2.45) is 0 Å². The van der Waals surface area contributed by atoms with Crippen LogP contribution in [-0.4, -0.2) is 8.42 Å². The zero-order valence-electron chi connectivity index (χ0n) is 9.74. The Morgan fingerprint density at radius 1 is 0.889 bits per heavy atom. The van der Waals surface area contributed by atoms with E-state index in [1.54, 1.807) is 43.3 Å². The van der Waals surface area contributed by atoms with Crippen LogP contribution in [-0.2, 0) is 14.5 Å². The molecule has 0 aliphatic heterocycles. The topological polar surface area (TPSA) is 52.6 Å². The number of aryl methyl sites for hydroxylation is 1. The van der Waals surface area contributed by atoms with Gasteiger partial charge in [-0.15, -0.1) is 0 Å². The molecular weight excluding hydrogens is 252 g/mol. The monoisotopic (exact) mass is 264 g/mol. The molecule has 0 amide bonds. The van der Waals surface area contributed by atoms with Crippen LogP contribution in [0.5, 0.6) is 5.75 Å². The standard InChI is InChI=1S/C13H12O4S/c1-11-7-5-6-10-13(11)16-17-18(14,15)12-8-3-2-4-9-12/h2-10H,1H3. The number of para-hydroxylation sites is 1. The largest absolute Gasteiger partial charge is 0.332 e. The summed E-state index contributed by atoms with van der Waals surface area (Å²) in [5.74, 6) is 0.372. The average molecular weight is 264 g/mol. The summed E-state index contributed by atoms with van der Waals surface area (Å²) < 4.78 is 28.1. The quantitative estimate of drug-likeness (QED) is 0.629. The van der Waals surface area contributed by atoms with Gasteiger partial charge in [0.2, 0.25) is 0 Å². The second kappa shape index (κ2) is 5.20. The molecule has 0 aliphatic rings. The van der Waals surface area contributed by atoms with E-state index in [1.165, 1.54) is 12.1 Å². The van der Waals surface area contributed by atoms with E-state index in [-0.39, 0.29) is 4.90 Å². The summed E-state index contributed by atoms with van der Waals surface area (Å²) in [6.45, 7) is 1.80. The second-order valence-corrected chi connectivity index (χ2v) is 5.20. The van der Waals surface area contributed by atoms with Gasteiger partial charge >= 0.3 is 10.1 Å². The predicted octanol–water partition coefficient (Wildman–Crippen LogP) is 2.69. The van der Waals surface area contributed by atoms with Gasteiger partial charge in [-0.3, -0.25) is 0 Å². The van der Waals surface area contributed by atoms with Crippen molar-refractivity contribution in [3.63, 3.8) is 0 Å². The highest BCUT2D eigenvalue weighted by atomic mass is 32.2. The van der Waals surface area contributed by atoms with Crippen LogP contribution in [0, 0.1) is 6.92 Å². The van der Waals surface area contributed by atoms with E-state index in [0.29, 0.717) is 5.75 Å². The highest BCUT2D eigenvalue weighted by molar-refractivity contribution is 7.86. The molecule has 0 radical (unpaired) electrons. The lowest BCUT2D eigenvalue weighted by Crippen LogP contribution is -2.09. The number of rotatable bonds is 4. The zero-order chi connectivity index (χ0) is 13.0. The van der Waals surface area contributed by atoms with Gasteiger partial charge in [0, 0.05) is 0 Å². The van der Waals surface area contributed by atoms with Crippen molar-refractivity contribution < 1.29 is 17.6 Å². The molecule has 0 N–H and O–H groups in total. The van der Waals surface area contributed by atoms with Crippen molar-refractivity contribution in [1.29, 1.82) is 0 Å².